The number of rotatable bonds is 7. The summed E-state index contributed by atoms with van der Waals surface area (Å²) in [4.78, 5) is 39.3. The molecule has 0 aromatic rings. The SMILES string of the molecule is CCC(O)(C=O)CC(=O)O.O=CCC(O)C(=O)O. The van der Waals surface area contributed by atoms with Crippen molar-refractivity contribution >= 4 is 24.5 Å². The van der Waals surface area contributed by atoms with Crippen LogP contribution in [0.2, 0.25) is 0 Å². The fourth-order valence-corrected chi connectivity index (χ4v) is 0.704. The molecule has 0 saturated carbocycles. The van der Waals surface area contributed by atoms with E-state index >= 15 is 0 Å². The van der Waals surface area contributed by atoms with Crippen molar-refractivity contribution in [3.63, 3.8) is 0 Å². The van der Waals surface area contributed by atoms with Gasteiger partial charge in [-0.2, -0.15) is 0 Å². The normalized spacial score (nSPS) is 14.4. The molecule has 8 heteroatoms. The van der Waals surface area contributed by atoms with Crippen molar-refractivity contribution in [1.82, 2.24) is 0 Å². The van der Waals surface area contributed by atoms with E-state index in [1.807, 2.05) is 0 Å². The van der Waals surface area contributed by atoms with E-state index in [0.717, 1.165) is 0 Å². The van der Waals surface area contributed by atoms with Gasteiger partial charge in [-0.1, -0.05) is 6.92 Å². The maximum Gasteiger partial charge on any atom is 0.332 e. The van der Waals surface area contributed by atoms with Crippen molar-refractivity contribution in [2.75, 3.05) is 0 Å². The highest BCUT2D eigenvalue weighted by Crippen LogP contribution is 2.10. The molecule has 2 atom stereocenters. The third kappa shape index (κ3) is 9.43. The third-order valence-electron chi connectivity index (χ3n) is 1.89. The van der Waals surface area contributed by atoms with Gasteiger partial charge in [0.1, 0.15) is 11.9 Å². The van der Waals surface area contributed by atoms with E-state index in [2.05, 4.69) is 0 Å². The number of carbonyl (C=O) groups excluding carboxylic acids is 2. The molecule has 0 fully saturated rings. The Morgan fingerprint density at radius 1 is 1.28 bits per heavy atom. The van der Waals surface area contributed by atoms with E-state index < -0.39 is 30.1 Å². The van der Waals surface area contributed by atoms with Crippen LogP contribution in [-0.4, -0.2) is 56.6 Å². The molecule has 0 rings (SSSR count). The van der Waals surface area contributed by atoms with Gasteiger partial charge in [-0.15, -0.1) is 0 Å². The molecule has 0 radical (unpaired) electrons. The van der Waals surface area contributed by atoms with Gasteiger partial charge < -0.3 is 30.0 Å². The summed E-state index contributed by atoms with van der Waals surface area (Å²) < 4.78 is 0. The number of aliphatic carboxylic acids is 2. The first kappa shape index (κ1) is 18.6. The van der Waals surface area contributed by atoms with Crippen molar-refractivity contribution in [2.24, 2.45) is 0 Å². The molecule has 0 aromatic carbocycles. The van der Waals surface area contributed by atoms with Crippen LogP contribution in [0.4, 0.5) is 0 Å². The maximum absolute atomic E-state index is 10.1. The van der Waals surface area contributed by atoms with Crippen molar-refractivity contribution in [2.45, 2.75) is 37.9 Å². The lowest BCUT2D eigenvalue weighted by molar-refractivity contribution is -0.147. The Hall–Kier alpha value is -1.80. The van der Waals surface area contributed by atoms with E-state index in [4.69, 9.17) is 20.4 Å². The zero-order valence-corrected chi connectivity index (χ0v) is 9.78. The van der Waals surface area contributed by atoms with Crippen LogP contribution in [0, 0.1) is 0 Å². The lowest BCUT2D eigenvalue weighted by Gasteiger charge is -2.15. The largest absolute Gasteiger partial charge is 0.481 e. The first-order valence-corrected chi connectivity index (χ1v) is 4.97. The minimum absolute atomic E-state index is 0.128. The van der Waals surface area contributed by atoms with Crippen LogP contribution < -0.4 is 0 Å². The zero-order valence-electron chi connectivity index (χ0n) is 9.78. The van der Waals surface area contributed by atoms with E-state index in [-0.39, 0.29) is 19.1 Å². The fraction of sp³-hybridized carbons (Fsp3) is 0.600. The molecule has 104 valence electrons. The summed E-state index contributed by atoms with van der Waals surface area (Å²) in [5.74, 6) is -2.53. The summed E-state index contributed by atoms with van der Waals surface area (Å²) in [6.07, 6.45) is -1.64. The molecular weight excluding hydrogens is 248 g/mol. The lowest BCUT2D eigenvalue weighted by Crippen LogP contribution is -2.32. The van der Waals surface area contributed by atoms with Crippen molar-refractivity contribution in [3.05, 3.63) is 0 Å². The Morgan fingerprint density at radius 3 is 1.89 bits per heavy atom. The second-order valence-electron chi connectivity index (χ2n) is 3.40. The number of carboxylic acids is 2. The molecule has 0 amide bonds. The summed E-state index contributed by atoms with van der Waals surface area (Å²) in [7, 11) is 0. The van der Waals surface area contributed by atoms with Gasteiger partial charge in [0.05, 0.1) is 6.42 Å². The topological polar surface area (TPSA) is 149 Å². The summed E-state index contributed by atoms with van der Waals surface area (Å²) in [6.45, 7) is 1.55. The second-order valence-corrected chi connectivity index (χ2v) is 3.40. The van der Waals surface area contributed by atoms with Gasteiger partial charge in [0.2, 0.25) is 0 Å². The van der Waals surface area contributed by atoms with Gasteiger partial charge in [0.25, 0.3) is 0 Å². The molecule has 0 bridgehead atoms. The van der Waals surface area contributed by atoms with E-state index in [1.54, 1.807) is 6.92 Å². The smallest absolute Gasteiger partial charge is 0.332 e. The molecule has 0 aliphatic carbocycles. The predicted molar refractivity (Wildman–Crippen MR) is 57.9 cm³/mol. The first-order valence-electron chi connectivity index (χ1n) is 4.97. The summed E-state index contributed by atoms with van der Waals surface area (Å²) in [6, 6.07) is 0. The molecule has 0 heterocycles. The third-order valence-corrected chi connectivity index (χ3v) is 1.89. The Balaban J connectivity index is 0. The Morgan fingerprint density at radius 2 is 1.78 bits per heavy atom. The van der Waals surface area contributed by atoms with Crippen LogP contribution >= 0.6 is 0 Å². The molecule has 18 heavy (non-hydrogen) atoms. The van der Waals surface area contributed by atoms with Crippen LogP contribution in [-0.2, 0) is 19.2 Å². The van der Waals surface area contributed by atoms with Gasteiger partial charge >= 0.3 is 11.9 Å². The highest BCUT2D eigenvalue weighted by molar-refractivity contribution is 5.76. The second kappa shape index (κ2) is 9.25. The van der Waals surface area contributed by atoms with Crippen molar-refractivity contribution in [3.8, 4) is 0 Å². The summed E-state index contributed by atoms with van der Waals surface area (Å²) in [5.41, 5.74) is -1.67. The number of aldehydes is 2. The molecule has 0 aliphatic heterocycles. The summed E-state index contributed by atoms with van der Waals surface area (Å²) in [5, 5.41) is 33.4. The minimum atomic E-state index is -1.67. The Bertz CT molecular complexity index is 300. The van der Waals surface area contributed by atoms with Gasteiger partial charge in [0.15, 0.2) is 12.4 Å². The number of aliphatic hydroxyl groups is 2. The molecule has 8 nitrogen and oxygen atoms in total. The van der Waals surface area contributed by atoms with Gasteiger partial charge in [-0.3, -0.25) is 4.79 Å². The molecular formula is C10H16O8. The highest BCUT2D eigenvalue weighted by Gasteiger charge is 2.26. The highest BCUT2D eigenvalue weighted by atomic mass is 16.4. The average molecular weight is 264 g/mol. The quantitative estimate of drug-likeness (QED) is 0.420. The molecule has 2 unspecified atom stereocenters. The number of aliphatic hydroxyl groups excluding tert-OH is 1. The lowest BCUT2D eigenvalue weighted by atomic mass is 9.99. The minimum Gasteiger partial charge on any atom is -0.481 e. The standard InChI is InChI=1S/C6H10O4.C4H6O4/c1-2-6(10,4-7)3-5(8)9;5-2-1-3(6)4(7)8/h4,10H,2-3H2,1H3,(H,8,9);2-3,6H,1H2,(H,7,8). The summed E-state index contributed by atoms with van der Waals surface area (Å²) >= 11 is 0. The number of carboxylic acid groups (broad SMARTS) is 2. The van der Waals surface area contributed by atoms with Gasteiger partial charge in [0, 0.05) is 6.42 Å². The van der Waals surface area contributed by atoms with Gasteiger partial charge in [-0.25, -0.2) is 4.79 Å². The number of hydrogen-bond acceptors (Lipinski definition) is 6. The molecule has 0 aromatic heterocycles. The maximum atomic E-state index is 10.1. The van der Waals surface area contributed by atoms with Crippen LogP contribution in [0.15, 0.2) is 0 Å². The molecule has 4 N–H and O–H groups in total. The van der Waals surface area contributed by atoms with E-state index in [9.17, 15) is 19.2 Å². The first-order chi connectivity index (χ1) is 8.22. The zero-order chi connectivity index (χ0) is 14.8. The van der Waals surface area contributed by atoms with E-state index in [1.165, 1.54) is 0 Å². The van der Waals surface area contributed by atoms with Crippen LogP contribution in [0.1, 0.15) is 26.2 Å². The Labute approximate surface area is 103 Å². The van der Waals surface area contributed by atoms with Crippen molar-refractivity contribution in [1.29, 1.82) is 0 Å². The monoisotopic (exact) mass is 264 g/mol. The number of hydrogen-bond donors (Lipinski definition) is 4. The van der Waals surface area contributed by atoms with E-state index in [0.29, 0.717) is 6.29 Å². The van der Waals surface area contributed by atoms with Crippen molar-refractivity contribution < 1.29 is 39.6 Å². The fourth-order valence-electron chi connectivity index (χ4n) is 0.704. The molecule has 0 spiro atoms. The Kier molecular flexibility index (Phi) is 9.54. The van der Waals surface area contributed by atoms with Crippen LogP contribution in [0.5, 0.6) is 0 Å². The van der Waals surface area contributed by atoms with Gasteiger partial charge in [-0.05, 0) is 6.42 Å². The van der Waals surface area contributed by atoms with Crippen LogP contribution in [0.3, 0.4) is 0 Å². The molecule has 0 saturated heterocycles. The predicted octanol–water partition coefficient (Wildman–Crippen LogP) is -1.18. The molecule has 0 aliphatic rings. The number of carbonyl (C=O) groups is 4. The average Bonchev–Trinajstić information content (AvgIpc) is 2.29. The van der Waals surface area contributed by atoms with Crippen LogP contribution in [0.25, 0.3) is 0 Å².